The summed E-state index contributed by atoms with van der Waals surface area (Å²) in [6.45, 7) is 2.01. The van der Waals surface area contributed by atoms with Gasteiger partial charge in [-0.25, -0.2) is 4.39 Å². The van der Waals surface area contributed by atoms with Gasteiger partial charge in [-0.15, -0.1) is 0 Å². The van der Waals surface area contributed by atoms with Crippen LogP contribution in [0.5, 0.6) is 0 Å². The van der Waals surface area contributed by atoms with Gasteiger partial charge in [0, 0.05) is 16.6 Å². The molecule has 0 bridgehead atoms. The van der Waals surface area contributed by atoms with Crippen molar-refractivity contribution in [1.82, 2.24) is 5.32 Å². The van der Waals surface area contributed by atoms with E-state index in [1.165, 1.54) is 6.07 Å². The maximum absolute atomic E-state index is 13.3. The first-order chi connectivity index (χ1) is 6.75. The molecule has 0 heterocycles. The predicted molar refractivity (Wildman–Crippen MR) is 59.5 cm³/mol. The summed E-state index contributed by atoms with van der Waals surface area (Å²) in [5.41, 5.74) is 6.02. The molecule has 0 atom stereocenters. The van der Waals surface area contributed by atoms with Crippen LogP contribution in [0.15, 0.2) is 22.7 Å². The lowest BCUT2D eigenvalue weighted by Crippen LogP contribution is -2.18. The third-order valence-corrected chi connectivity index (χ3v) is 2.66. The minimum atomic E-state index is -0.181. The second-order valence-electron chi connectivity index (χ2n) is 3.02. The van der Waals surface area contributed by atoms with Gasteiger partial charge in [0.15, 0.2) is 0 Å². The van der Waals surface area contributed by atoms with E-state index in [9.17, 15) is 4.39 Å². The predicted octanol–water partition coefficient (Wildman–Crippen LogP) is 2.03. The molecule has 0 aliphatic heterocycles. The van der Waals surface area contributed by atoms with Crippen LogP contribution in [-0.2, 0) is 6.54 Å². The van der Waals surface area contributed by atoms with E-state index in [0.717, 1.165) is 17.4 Å². The van der Waals surface area contributed by atoms with E-state index < -0.39 is 0 Å². The lowest BCUT2D eigenvalue weighted by Gasteiger charge is -2.07. The molecule has 0 saturated heterocycles. The van der Waals surface area contributed by atoms with Crippen molar-refractivity contribution in [2.45, 2.75) is 13.0 Å². The summed E-state index contributed by atoms with van der Waals surface area (Å²) in [7, 11) is 0. The van der Waals surface area contributed by atoms with E-state index >= 15 is 0 Å². The number of benzene rings is 1. The van der Waals surface area contributed by atoms with Gasteiger partial charge in [-0.3, -0.25) is 0 Å². The van der Waals surface area contributed by atoms with Gasteiger partial charge in [0.25, 0.3) is 0 Å². The molecule has 0 radical (unpaired) electrons. The van der Waals surface area contributed by atoms with Crippen LogP contribution < -0.4 is 11.1 Å². The van der Waals surface area contributed by atoms with E-state index in [1.807, 2.05) is 6.07 Å². The van der Waals surface area contributed by atoms with Crippen LogP contribution in [0.25, 0.3) is 0 Å². The molecule has 78 valence electrons. The third-order valence-electron chi connectivity index (χ3n) is 1.92. The molecule has 2 nitrogen and oxygen atoms in total. The largest absolute Gasteiger partial charge is 0.330 e. The summed E-state index contributed by atoms with van der Waals surface area (Å²) >= 11 is 3.31. The Labute approximate surface area is 91.8 Å². The molecule has 0 saturated carbocycles. The monoisotopic (exact) mass is 260 g/mol. The van der Waals surface area contributed by atoms with Crippen molar-refractivity contribution in [1.29, 1.82) is 0 Å². The van der Waals surface area contributed by atoms with E-state index in [1.54, 1.807) is 6.07 Å². The molecular weight excluding hydrogens is 247 g/mol. The van der Waals surface area contributed by atoms with E-state index in [4.69, 9.17) is 5.73 Å². The first kappa shape index (κ1) is 11.6. The molecule has 0 unspecified atom stereocenters. The molecule has 0 aliphatic carbocycles. The van der Waals surface area contributed by atoms with Gasteiger partial charge in [-0.05, 0) is 31.6 Å². The smallest absolute Gasteiger partial charge is 0.128 e. The highest BCUT2D eigenvalue weighted by atomic mass is 79.9. The van der Waals surface area contributed by atoms with Gasteiger partial charge in [-0.2, -0.15) is 0 Å². The van der Waals surface area contributed by atoms with Crippen LogP contribution in [0.2, 0.25) is 0 Å². The zero-order valence-electron chi connectivity index (χ0n) is 7.89. The first-order valence-electron chi connectivity index (χ1n) is 4.59. The van der Waals surface area contributed by atoms with Crippen LogP contribution in [-0.4, -0.2) is 13.1 Å². The van der Waals surface area contributed by atoms with Crippen LogP contribution in [0.4, 0.5) is 4.39 Å². The van der Waals surface area contributed by atoms with Gasteiger partial charge in [0.05, 0.1) is 0 Å². The summed E-state index contributed by atoms with van der Waals surface area (Å²) in [6.07, 6.45) is 0.909. The molecule has 1 aromatic rings. The van der Waals surface area contributed by atoms with Gasteiger partial charge in [-0.1, -0.05) is 22.0 Å². The Morgan fingerprint density at radius 1 is 1.43 bits per heavy atom. The second-order valence-corrected chi connectivity index (χ2v) is 3.87. The number of nitrogens with one attached hydrogen (secondary N) is 1. The molecule has 14 heavy (non-hydrogen) atoms. The van der Waals surface area contributed by atoms with Crippen LogP contribution in [0.1, 0.15) is 12.0 Å². The van der Waals surface area contributed by atoms with Crippen LogP contribution in [0.3, 0.4) is 0 Å². The highest BCUT2D eigenvalue weighted by Gasteiger charge is 2.04. The van der Waals surface area contributed by atoms with Crippen molar-refractivity contribution in [3.8, 4) is 0 Å². The van der Waals surface area contributed by atoms with Gasteiger partial charge in [0.2, 0.25) is 0 Å². The third kappa shape index (κ3) is 3.36. The first-order valence-corrected chi connectivity index (χ1v) is 5.38. The fraction of sp³-hybridized carbons (Fsp3) is 0.400. The number of hydrogen-bond donors (Lipinski definition) is 2. The zero-order chi connectivity index (χ0) is 10.4. The lowest BCUT2D eigenvalue weighted by atomic mass is 10.2. The molecule has 4 heteroatoms. The Bertz CT molecular complexity index is 271. The minimum Gasteiger partial charge on any atom is -0.330 e. The molecule has 0 amide bonds. The van der Waals surface area contributed by atoms with Crippen LogP contribution >= 0.6 is 15.9 Å². The van der Waals surface area contributed by atoms with Crippen molar-refractivity contribution in [3.63, 3.8) is 0 Å². The summed E-state index contributed by atoms with van der Waals surface area (Å²) in [5.74, 6) is -0.181. The number of halogens is 2. The molecule has 3 N–H and O–H groups in total. The number of hydrogen-bond acceptors (Lipinski definition) is 2. The molecular formula is C10H14BrFN2. The Kier molecular flexibility index (Phi) is 5.07. The molecule has 0 spiro atoms. The maximum Gasteiger partial charge on any atom is 0.128 e. The van der Waals surface area contributed by atoms with Gasteiger partial charge in [0.1, 0.15) is 5.82 Å². The summed E-state index contributed by atoms with van der Waals surface area (Å²) in [6, 6.07) is 4.98. The Morgan fingerprint density at radius 2 is 2.21 bits per heavy atom. The Balaban J connectivity index is 2.49. The standard InChI is InChI=1S/C10H14BrFN2/c11-9-3-1-4-10(12)8(9)7-14-6-2-5-13/h1,3-4,14H,2,5-7,13H2. The summed E-state index contributed by atoms with van der Waals surface area (Å²) in [4.78, 5) is 0. The summed E-state index contributed by atoms with van der Waals surface area (Å²) in [5, 5.41) is 3.13. The molecule has 1 aromatic carbocycles. The Hall–Kier alpha value is -0.450. The van der Waals surface area contributed by atoms with Gasteiger partial charge >= 0.3 is 0 Å². The quantitative estimate of drug-likeness (QED) is 0.796. The average Bonchev–Trinajstić information content (AvgIpc) is 2.16. The van der Waals surface area contributed by atoms with Crippen LogP contribution in [0, 0.1) is 5.82 Å². The molecule has 1 rings (SSSR count). The topological polar surface area (TPSA) is 38.0 Å². The highest BCUT2D eigenvalue weighted by molar-refractivity contribution is 9.10. The fourth-order valence-electron chi connectivity index (χ4n) is 1.14. The van der Waals surface area contributed by atoms with Crippen molar-refractivity contribution >= 4 is 15.9 Å². The molecule has 0 fully saturated rings. The highest BCUT2D eigenvalue weighted by Crippen LogP contribution is 2.18. The average molecular weight is 261 g/mol. The fourth-order valence-corrected chi connectivity index (χ4v) is 1.62. The zero-order valence-corrected chi connectivity index (χ0v) is 9.48. The van der Waals surface area contributed by atoms with Crippen molar-refractivity contribution in [3.05, 3.63) is 34.1 Å². The van der Waals surface area contributed by atoms with Gasteiger partial charge < -0.3 is 11.1 Å². The van der Waals surface area contributed by atoms with E-state index in [-0.39, 0.29) is 5.82 Å². The van der Waals surface area contributed by atoms with Crippen molar-refractivity contribution in [2.24, 2.45) is 5.73 Å². The van der Waals surface area contributed by atoms with Crippen molar-refractivity contribution in [2.75, 3.05) is 13.1 Å². The number of rotatable bonds is 5. The van der Waals surface area contributed by atoms with E-state index in [0.29, 0.717) is 18.7 Å². The lowest BCUT2D eigenvalue weighted by molar-refractivity contribution is 0.581. The SMILES string of the molecule is NCCCNCc1c(F)cccc1Br. The maximum atomic E-state index is 13.3. The van der Waals surface area contributed by atoms with Crippen molar-refractivity contribution < 1.29 is 4.39 Å². The summed E-state index contributed by atoms with van der Waals surface area (Å²) < 4.78 is 14.1. The van der Waals surface area contributed by atoms with E-state index in [2.05, 4.69) is 21.2 Å². The molecule has 0 aromatic heterocycles. The second kappa shape index (κ2) is 6.11. The Morgan fingerprint density at radius 3 is 2.86 bits per heavy atom. The minimum absolute atomic E-state index is 0.181. The number of nitrogens with two attached hydrogens (primary N) is 1. The molecule has 0 aliphatic rings. The normalized spacial score (nSPS) is 10.5.